The molecule has 0 atom stereocenters. The van der Waals surface area contributed by atoms with Crippen molar-refractivity contribution in [1.82, 2.24) is 0 Å². The Morgan fingerprint density at radius 2 is 2.15 bits per heavy atom. The predicted octanol–water partition coefficient (Wildman–Crippen LogP) is 2.83. The van der Waals surface area contributed by atoms with Gasteiger partial charge in [0, 0.05) is 10.0 Å². The molecule has 13 heavy (non-hydrogen) atoms. The standard InChI is InChI=1S/C10H8BrNO/c1-6-3-9(7(2)13)8(5-12)4-10(6)11/h3-4H,1-2H3. The number of nitrogens with zero attached hydrogens (tertiary/aromatic N) is 1. The van der Waals surface area contributed by atoms with E-state index in [9.17, 15) is 4.79 Å². The highest BCUT2D eigenvalue weighted by Crippen LogP contribution is 2.21. The molecule has 0 saturated heterocycles. The van der Waals surface area contributed by atoms with Gasteiger partial charge in [0.15, 0.2) is 5.78 Å². The van der Waals surface area contributed by atoms with Gasteiger partial charge < -0.3 is 0 Å². The second-order valence-electron chi connectivity index (χ2n) is 2.81. The van der Waals surface area contributed by atoms with Crippen LogP contribution in [0.15, 0.2) is 16.6 Å². The van der Waals surface area contributed by atoms with Gasteiger partial charge in [-0.1, -0.05) is 15.9 Å². The monoisotopic (exact) mass is 237 g/mol. The Balaban J connectivity index is 3.44. The fourth-order valence-corrected chi connectivity index (χ4v) is 1.41. The van der Waals surface area contributed by atoms with Gasteiger partial charge in [0.25, 0.3) is 0 Å². The van der Waals surface area contributed by atoms with E-state index in [1.807, 2.05) is 13.0 Å². The van der Waals surface area contributed by atoms with Crippen LogP contribution in [-0.4, -0.2) is 5.78 Å². The minimum atomic E-state index is -0.0767. The van der Waals surface area contributed by atoms with Crippen molar-refractivity contribution in [3.8, 4) is 6.07 Å². The van der Waals surface area contributed by atoms with Crippen molar-refractivity contribution in [2.75, 3.05) is 0 Å². The maximum Gasteiger partial charge on any atom is 0.161 e. The molecule has 0 heterocycles. The third-order valence-electron chi connectivity index (χ3n) is 1.80. The normalized spacial score (nSPS) is 9.38. The molecule has 0 aliphatic heterocycles. The van der Waals surface area contributed by atoms with Crippen molar-refractivity contribution in [2.24, 2.45) is 0 Å². The molecule has 1 aromatic carbocycles. The first-order chi connectivity index (χ1) is 6.06. The van der Waals surface area contributed by atoms with Gasteiger partial charge >= 0.3 is 0 Å². The molecule has 0 saturated carbocycles. The lowest BCUT2D eigenvalue weighted by Crippen LogP contribution is -1.97. The Morgan fingerprint density at radius 3 is 2.62 bits per heavy atom. The number of ketones is 1. The summed E-state index contributed by atoms with van der Waals surface area (Å²) in [7, 11) is 0. The van der Waals surface area contributed by atoms with E-state index >= 15 is 0 Å². The number of rotatable bonds is 1. The van der Waals surface area contributed by atoms with Crippen LogP contribution in [0.1, 0.15) is 28.4 Å². The first kappa shape index (κ1) is 9.94. The number of hydrogen-bond acceptors (Lipinski definition) is 2. The lowest BCUT2D eigenvalue weighted by atomic mass is 10.0. The predicted molar refractivity (Wildman–Crippen MR) is 53.6 cm³/mol. The molecular formula is C10H8BrNO. The average molecular weight is 238 g/mol. The van der Waals surface area contributed by atoms with Gasteiger partial charge in [-0.25, -0.2) is 0 Å². The number of carbonyl (C=O) groups is 1. The minimum absolute atomic E-state index is 0.0767. The molecule has 0 spiro atoms. The Morgan fingerprint density at radius 1 is 1.54 bits per heavy atom. The lowest BCUT2D eigenvalue weighted by Gasteiger charge is -2.03. The van der Waals surface area contributed by atoms with Crippen LogP contribution in [0.2, 0.25) is 0 Å². The van der Waals surface area contributed by atoms with Crippen molar-refractivity contribution >= 4 is 21.7 Å². The molecule has 2 nitrogen and oxygen atoms in total. The first-order valence-electron chi connectivity index (χ1n) is 3.77. The van der Waals surface area contributed by atoms with Crippen molar-refractivity contribution in [1.29, 1.82) is 5.26 Å². The molecular weight excluding hydrogens is 230 g/mol. The summed E-state index contributed by atoms with van der Waals surface area (Å²) >= 11 is 3.31. The summed E-state index contributed by atoms with van der Waals surface area (Å²) in [6.45, 7) is 3.35. The van der Waals surface area contributed by atoms with Crippen LogP contribution in [0.4, 0.5) is 0 Å². The number of Topliss-reactive ketones (excluding diaryl/α,β-unsaturated/α-hetero) is 1. The van der Waals surface area contributed by atoms with E-state index in [1.54, 1.807) is 12.1 Å². The summed E-state index contributed by atoms with van der Waals surface area (Å²) in [6, 6.07) is 5.39. The SMILES string of the molecule is CC(=O)c1cc(C)c(Br)cc1C#N. The van der Waals surface area contributed by atoms with Crippen LogP contribution in [-0.2, 0) is 0 Å². The molecule has 1 rings (SSSR count). The molecule has 3 heteroatoms. The van der Waals surface area contributed by atoms with Crippen LogP contribution in [0, 0.1) is 18.3 Å². The first-order valence-corrected chi connectivity index (χ1v) is 4.56. The number of hydrogen-bond donors (Lipinski definition) is 0. The number of nitriles is 1. The molecule has 0 aliphatic carbocycles. The fourth-order valence-electron chi connectivity index (χ4n) is 1.07. The minimum Gasteiger partial charge on any atom is -0.294 e. The van der Waals surface area contributed by atoms with E-state index in [-0.39, 0.29) is 5.78 Å². The summed E-state index contributed by atoms with van der Waals surface area (Å²) < 4.78 is 0.856. The molecule has 0 radical (unpaired) electrons. The van der Waals surface area contributed by atoms with Crippen LogP contribution in [0.3, 0.4) is 0 Å². The second-order valence-corrected chi connectivity index (χ2v) is 3.67. The molecule has 0 amide bonds. The fraction of sp³-hybridized carbons (Fsp3) is 0.200. The average Bonchev–Trinajstić information content (AvgIpc) is 2.08. The highest BCUT2D eigenvalue weighted by Gasteiger charge is 2.08. The Kier molecular flexibility index (Phi) is 2.84. The zero-order chi connectivity index (χ0) is 10.0. The van der Waals surface area contributed by atoms with Crippen LogP contribution >= 0.6 is 15.9 Å². The van der Waals surface area contributed by atoms with Gasteiger partial charge in [-0.15, -0.1) is 0 Å². The van der Waals surface area contributed by atoms with Gasteiger partial charge in [-0.3, -0.25) is 4.79 Å². The maximum absolute atomic E-state index is 11.1. The zero-order valence-electron chi connectivity index (χ0n) is 7.39. The molecule has 0 bridgehead atoms. The van der Waals surface area contributed by atoms with Crippen LogP contribution < -0.4 is 0 Å². The highest BCUT2D eigenvalue weighted by molar-refractivity contribution is 9.10. The number of benzene rings is 1. The molecule has 0 N–H and O–H groups in total. The van der Waals surface area contributed by atoms with E-state index in [0.29, 0.717) is 11.1 Å². The van der Waals surface area contributed by atoms with Crippen molar-refractivity contribution in [2.45, 2.75) is 13.8 Å². The zero-order valence-corrected chi connectivity index (χ0v) is 8.97. The number of halogens is 1. The quantitative estimate of drug-likeness (QED) is 0.706. The van der Waals surface area contributed by atoms with Gasteiger partial charge in [0.1, 0.15) is 0 Å². The van der Waals surface area contributed by atoms with E-state index < -0.39 is 0 Å². The Labute approximate surface area is 85.3 Å². The molecule has 0 unspecified atom stereocenters. The van der Waals surface area contributed by atoms with E-state index in [1.165, 1.54) is 6.92 Å². The Hall–Kier alpha value is -1.14. The van der Waals surface area contributed by atoms with E-state index in [4.69, 9.17) is 5.26 Å². The number of carbonyl (C=O) groups excluding carboxylic acids is 1. The van der Waals surface area contributed by atoms with Gasteiger partial charge in [-0.2, -0.15) is 5.26 Å². The largest absolute Gasteiger partial charge is 0.294 e. The summed E-state index contributed by atoms with van der Waals surface area (Å²) in [5.74, 6) is -0.0767. The van der Waals surface area contributed by atoms with Crippen LogP contribution in [0.25, 0.3) is 0 Å². The Bertz CT molecular complexity index is 404. The van der Waals surface area contributed by atoms with Gasteiger partial charge in [0.2, 0.25) is 0 Å². The highest BCUT2D eigenvalue weighted by atomic mass is 79.9. The smallest absolute Gasteiger partial charge is 0.161 e. The second kappa shape index (κ2) is 3.71. The third-order valence-corrected chi connectivity index (χ3v) is 2.65. The van der Waals surface area contributed by atoms with E-state index in [2.05, 4.69) is 15.9 Å². The molecule has 0 aromatic heterocycles. The van der Waals surface area contributed by atoms with Crippen molar-refractivity contribution < 1.29 is 4.79 Å². The van der Waals surface area contributed by atoms with Crippen LogP contribution in [0.5, 0.6) is 0 Å². The number of aryl methyl sites for hydroxylation is 1. The molecule has 66 valence electrons. The van der Waals surface area contributed by atoms with Crippen molar-refractivity contribution in [3.63, 3.8) is 0 Å². The lowest BCUT2D eigenvalue weighted by molar-refractivity contribution is 0.101. The maximum atomic E-state index is 11.1. The van der Waals surface area contributed by atoms with E-state index in [0.717, 1.165) is 10.0 Å². The molecule has 1 aromatic rings. The van der Waals surface area contributed by atoms with Gasteiger partial charge in [-0.05, 0) is 31.5 Å². The summed E-state index contributed by atoms with van der Waals surface area (Å²) in [5, 5.41) is 8.76. The summed E-state index contributed by atoms with van der Waals surface area (Å²) in [6.07, 6.45) is 0. The summed E-state index contributed by atoms with van der Waals surface area (Å²) in [4.78, 5) is 11.1. The van der Waals surface area contributed by atoms with Gasteiger partial charge in [0.05, 0.1) is 11.6 Å². The topological polar surface area (TPSA) is 40.9 Å². The molecule has 0 fully saturated rings. The summed E-state index contributed by atoms with van der Waals surface area (Å²) in [5.41, 5.74) is 1.87. The third kappa shape index (κ3) is 1.96. The molecule has 0 aliphatic rings. The van der Waals surface area contributed by atoms with Crippen molar-refractivity contribution in [3.05, 3.63) is 33.3 Å².